The van der Waals surface area contributed by atoms with Crippen molar-refractivity contribution < 1.29 is 9.53 Å². The molecular weight excluding hydrogens is 228 g/mol. The van der Waals surface area contributed by atoms with Gasteiger partial charge in [0.25, 0.3) is 0 Å². The summed E-state index contributed by atoms with van der Waals surface area (Å²) in [6.45, 7) is 9.30. The number of rotatable bonds is 10. The van der Waals surface area contributed by atoms with E-state index in [1.165, 1.54) is 26.0 Å². The number of methoxy groups -OCH3 is 1. The van der Waals surface area contributed by atoms with Crippen LogP contribution in [0.1, 0.15) is 33.6 Å². The summed E-state index contributed by atoms with van der Waals surface area (Å²) in [6.07, 6.45) is 5.66. The Morgan fingerprint density at radius 3 is 2.67 bits per heavy atom. The van der Waals surface area contributed by atoms with Gasteiger partial charge >= 0.3 is 5.97 Å². The van der Waals surface area contributed by atoms with Crippen molar-refractivity contribution in [3.05, 3.63) is 12.2 Å². The maximum Gasteiger partial charge on any atom is 0.330 e. The van der Waals surface area contributed by atoms with Crippen LogP contribution in [0.4, 0.5) is 0 Å². The predicted molar refractivity (Wildman–Crippen MR) is 75.6 cm³/mol. The molecule has 0 aliphatic heterocycles. The first-order valence-electron chi connectivity index (χ1n) is 6.80. The summed E-state index contributed by atoms with van der Waals surface area (Å²) in [5.41, 5.74) is 0. The number of esters is 1. The van der Waals surface area contributed by atoms with Crippen LogP contribution in [0.5, 0.6) is 0 Å². The lowest BCUT2D eigenvalue weighted by Crippen LogP contribution is -2.42. The molecule has 106 valence electrons. The minimum Gasteiger partial charge on any atom is -0.466 e. The predicted octanol–water partition coefficient (Wildman–Crippen LogP) is 1.72. The van der Waals surface area contributed by atoms with Crippen molar-refractivity contribution in [2.24, 2.45) is 5.92 Å². The Bertz CT molecular complexity index is 240. The fourth-order valence-electron chi connectivity index (χ4n) is 1.55. The third-order valence-corrected chi connectivity index (χ3v) is 2.82. The normalized spacial score (nSPS) is 13.2. The van der Waals surface area contributed by atoms with Crippen LogP contribution >= 0.6 is 0 Å². The smallest absolute Gasteiger partial charge is 0.330 e. The highest BCUT2D eigenvalue weighted by Gasteiger charge is 2.10. The highest BCUT2D eigenvalue weighted by molar-refractivity contribution is 5.81. The summed E-state index contributed by atoms with van der Waals surface area (Å²) >= 11 is 0. The van der Waals surface area contributed by atoms with E-state index in [-0.39, 0.29) is 5.97 Å². The molecule has 0 aromatic rings. The fraction of sp³-hybridized carbons (Fsp3) is 0.786. The molecule has 0 amide bonds. The fourth-order valence-corrected chi connectivity index (χ4v) is 1.55. The Hall–Kier alpha value is -0.870. The molecule has 0 saturated carbocycles. The van der Waals surface area contributed by atoms with Crippen molar-refractivity contribution >= 4 is 5.97 Å². The molecular formula is C14H28N2O2. The molecule has 0 heterocycles. The maximum atomic E-state index is 10.8. The monoisotopic (exact) mass is 256 g/mol. The van der Waals surface area contributed by atoms with Crippen molar-refractivity contribution in [3.8, 4) is 0 Å². The van der Waals surface area contributed by atoms with Crippen LogP contribution in [0.2, 0.25) is 0 Å². The van der Waals surface area contributed by atoms with Crippen LogP contribution in [-0.2, 0) is 9.53 Å². The van der Waals surface area contributed by atoms with E-state index in [0.717, 1.165) is 13.1 Å². The number of unbranched alkanes of at least 4 members (excludes halogenated alkanes) is 1. The van der Waals surface area contributed by atoms with Crippen LogP contribution < -0.4 is 10.6 Å². The van der Waals surface area contributed by atoms with Gasteiger partial charge in [0, 0.05) is 25.2 Å². The zero-order chi connectivity index (χ0) is 13.8. The standard InChI is InChI=1S/C14H28N2O2/c1-5-6-10-16-13(12(2)3)11-15-9-7-8-14(17)18-4/h7-8,12-13,15-16H,5-6,9-11H2,1-4H3/b8-7+. The molecule has 0 rings (SSSR count). The number of nitrogens with one attached hydrogen (secondary N) is 2. The second-order valence-electron chi connectivity index (χ2n) is 4.74. The molecule has 2 N–H and O–H groups in total. The lowest BCUT2D eigenvalue weighted by Gasteiger charge is -2.22. The van der Waals surface area contributed by atoms with E-state index in [9.17, 15) is 4.79 Å². The molecule has 0 fully saturated rings. The molecule has 0 spiro atoms. The van der Waals surface area contributed by atoms with Gasteiger partial charge in [0.05, 0.1) is 7.11 Å². The number of hydrogen-bond donors (Lipinski definition) is 2. The van der Waals surface area contributed by atoms with E-state index in [0.29, 0.717) is 18.5 Å². The third-order valence-electron chi connectivity index (χ3n) is 2.82. The molecule has 0 aliphatic carbocycles. The SMILES string of the molecule is CCCCNC(CNC/C=C/C(=O)OC)C(C)C. The molecule has 4 heteroatoms. The maximum absolute atomic E-state index is 10.8. The number of carbonyl (C=O) groups is 1. The van der Waals surface area contributed by atoms with Crippen molar-refractivity contribution in [2.75, 3.05) is 26.7 Å². The van der Waals surface area contributed by atoms with Crippen LogP contribution in [0.3, 0.4) is 0 Å². The van der Waals surface area contributed by atoms with Crippen molar-refractivity contribution in [1.29, 1.82) is 0 Å². The highest BCUT2D eigenvalue weighted by atomic mass is 16.5. The topological polar surface area (TPSA) is 50.4 Å². The summed E-state index contributed by atoms with van der Waals surface area (Å²) < 4.78 is 4.52. The molecule has 4 nitrogen and oxygen atoms in total. The van der Waals surface area contributed by atoms with Gasteiger partial charge in [-0.2, -0.15) is 0 Å². The van der Waals surface area contributed by atoms with Gasteiger partial charge in [-0.15, -0.1) is 0 Å². The summed E-state index contributed by atoms with van der Waals surface area (Å²) in [6, 6.07) is 0.475. The van der Waals surface area contributed by atoms with Crippen molar-refractivity contribution in [1.82, 2.24) is 10.6 Å². The molecule has 0 saturated heterocycles. The quantitative estimate of drug-likeness (QED) is 0.355. The average molecular weight is 256 g/mol. The number of hydrogen-bond acceptors (Lipinski definition) is 4. The Labute approximate surface area is 111 Å². The second-order valence-corrected chi connectivity index (χ2v) is 4.74. The lowest BCUT2D eigenvalue weighted by atomic mass is 10.0. The van der Waals surface area contributed by atoms with E-state index in [4.69, 9.17) is 0 Å². The zero-order valence-electron chi connectivity index (χ0n) is 12.2. The van der Waals surface area contributed by atoms with Crippen LogP contribution in [0, 0.1) is 5.92 Å². The molecule has 0 aliphatic rings. The first-order valence-corrected chi connectivity index (χ1v) is 6.80. The van der Waals surface area contributed by atoms with E-state index in [2.05, 4.69) is 36.1 Å². The molecule has 0 aromatic carbocycles. The van der Waals surface area contributed by atoms with Crippen molar-refractivity contribution in [2.45, 2.75) is 39.7 Å². The second kappa shape index (κ2) is 11.2. The molecule has 1 unspecified atom stereocenters. The van der Waals surface area contributed by atoms with Gasteiger partial charge < -0.3 is 15.4 Å². The van der Waals surface area contributed by atoms with Gasteiger partial charge in [-0.25, -0.2) is 4.79 Å². The molecule has 18 heavy (non-hydrogen) atoms. The average Bonchev–Trinajstić information content (AvgIpc) is 2.35. The van der Waals surface area contributed by atoms with Crippen LogP contribution in [0.25, 0.3) is 0 Å². The summed E-state index contributed by atoms with van der Waals surface area (Å²) in [5.74, 6) is 0.289. The summed E-state index contributed by atoms with van der Waals surface area (Å²) in [7, 11) is 1.38. The van der Waals surface area contributed by atoms with E-state index < -0.39 is 0 Å². The first kappa shape index (κ1) is 17.1. The molecule has 0 radical (unpaired) electrons. The Balaban J connectivity index is 3.76. The molecule has 0 aromatic heterocycles. The third kappa shape index (κ3) is 9.19. The first-order chi connectivity index (χ1) is 8.61. The Kier molecular flexibility index (Phi) is 10.7. The number of carbonyl (C=O) groups excluding carboxylic acids is 1. The van der Waals surface area contributed by atoms with Crippen LogP contribution in [0.15, 0.2) is 12.2 Å². The van der Waals surface area contributed by atoms with E-state index in [1.807, 2.05) is 0 Å². The van der Waals surface area contributed by atoms with E-state index >= 15 is 0 Å². The van der Waals surface area contributed by atoms with Gasteiger partial charge in [-0.3, -0.25) is 0 Å². The summed E-state index contributed by atoms with van der Waals surface area (Å²) in [5, 5.41) is 6.87. The van der Waals surface area contributed by atoms with Crippen molar-refractivity contribution in [3.63, 3.8) is 0 Å². The van der Waals surface area contributed by atoms with Gasteiger partial charge in [0.15, 0.2) is 0 Å². The Morgan fingerprint density at radius 1 is 1.39 bits per heavy atom. The van der Waals surface area contributed by atoms with Crippen LogP contribution in [-0.4, -0.2) is 38.8 Å². The van der Waals surface area contributed by atoms with Gasteiger partial charge in [-0.05, 0) is 18.9 Å². The lowest BCUT2D eigenvalue weighted by molar-refractivity contribution is -0.134. The largest absolute Gasteiger partial charge is 0.466 e. The minimum atomic E-state index is -0.307. The molecule has 1 atom stereocenters. The van der Waals surface area contributed by atoms with Gasteiger partial charge in [0.2, 0.25) is 0 Å². The number of ether oxygens (including phenoxy) is 1. The zero-order valence-corrected chi connectivity index (χ0v) is 12.2. The minimum absolute atomic E-state index is 0.307. The summed E-state index contributed by atoms with van der Waals surface area (Å²) in [4.78, 5) is 10.8. The van der Waals surface area contributed by atoms with Gasteiger partial charge in [0.1, 0.15) is 0 Å². The van der Waals surface area contributed by atoms with E-state index in [1.54, 1.807) is 6.08 Å². The Morgan fingerprint density at radius 2 is 2.11 bits per heavy atom. The van der Waals surface area contributed by atoms with Gasteiger partial charge in [-0.1, -0.05) is 33.3 Å². The highest BCUT2D eigenvalue weighted by Crippen LogP contribution is 2.00. The molecule has 0 bridgehead atoms.